The number of aromatic nitrogens is 4. The van der Waals surface area contributed by atoms with E-state index in [9.17, 15) is 9.59 Å². The number of anilines is 2. The lowest BCUT2D eigenvalue weighted by Gasteiger charge is -2.57. The first-order chi connectivity index (χ1) is 26.3. The molecule has 1 saturated heterocycles. The summed E-state index contributed by atoms with van der Waals surface area (Å²) in [5, 5.41) is 11.9. The van der Waals surface area contributed by atoms with Gasteiger partial charge in [0.25, 0.3) is 0 Å². The van der Waals surface area contributed by atoms with E-state index in [1.54, 1.807) is 0 Å². The smallest absolute Gasteiger partial charge is 0.247 e. The van der Waals surface area contributed by atoms with Gasteiger partial charge in [-0.1, -0.05) is 43.8 Å². The van der Waals surface area contributed by atoms with Crippen LogP contribution in [-0.4, -0.2) is 62.6 Å². The lowest BCUT2D eigenvalue weighted by Crippen LogP contribution is -2.46. The molecular weight excluding hydrogens is 677 g/mol. The summed E-state index contributed by atoms with van der Waals surface area (Å²) in [7, 11) is 0. The number of hydrogen-bond donors (Lipinski definition) is 3. The van der Waals surface area contributed by atoms with Crippen molar-refractivity contribution in [2.24, 2.45) is 29.1 Å². The molecule has 11 nitrogen and oxygen atoms in total. The van der Waals surface area contributed by atoms with Crippen molar-refractivity contribution in [2.45, 2.75) is 83.8 Å². The van der Waals surface area contributed by atoms with Gasteiger partial charge in [-0.25, -0.2) is 14.6 Å². The van der Waals surface area contributed by atoms with E-state index in [-0.39, 0.29) is 23.8 Å². The van der Waals surface area contributed by atoms with Crippen molar-refractivity contribution in [1.29, 1.82) is 0 Å². The fraction of sp³-hybridized carbons (Fsp3) is 0.512. The molecular formula is C43H54N8O3. The molecule has 0 unspecified atom stereocenters. The molecule has 2 aromatic heterocycles. The third-order valence-corrected chi connectivity index (χ3v) is 12.8. The van der Waals surface area contributed by atoms with Crippen molar-refractivity contribution in [1.82, 2.24) is 30.0 Å². The van der Waals surface area contributed by atoms with Gasteiger partial charge in [0.15, 0.2) is 5.65 Å². The number of carbonyl (C=O) groups excluding carboxylic acids is 2. The largest absolute Gasteiger partial charge is 0.487 e. The molecule has 1 atom stereocenters. The van der Waals surface area contributed by atoms with Crippen molar-refractivity contribution in [3.8, 4) is 17.0 Å². The predicted octanol–water partition coefficient (Wildman–Crippen LogP) is 7.16. The number of carbonyl (C=O) groups is 2. The second kappa shape index (κ2) is 15.5. The zero-order valence-corrected chi connectivity index (χ0v) is 31.5. The number of amides is 2. The minimum absolute atomic E-state index is 0.0628. The second-order valence-corrected chi connectivity index (χ2v) is 16.7. The van der Waals surface area contributed by atoms with Gasteiger partial charge >= 0.3 is 0 Å². The molecule has 2 amide bonds. The first-order valence-corrected chi connectivity index (χ1v) is 20.0. The summed E-state index contributed by atoms with van der Waals surface area (Å²) in [5.41, 5.74) is 10.6. The number of nitrogen functional groups attached to an aromatic ring is 1. The standard InChI is InChI=1S/C43H54N8O3/c1-3-37(52)48-35-22-33(9-10-36(35)54-26-29-7-5-4-6-8-29)39-38-40(44)46-27-47-41(38)51(49-39)34-12-16-50(17-13-34)18-15-45-42(53)28(2)11-14-43-23-30-19-31(24-43)21-32(20-30)25-43/h3-10,22,27-28,30-32,34H,1,11-21,23-26H2,2H3,(H,45,53)(H,48,52)(H2,44,46,47)/t28-,30?,31?,32?,43?/m1/s1. The number of piperidine rings is 1. The van der Waals surface area contributed by atoms with E-state index < -0.39 is 0 Å². The van der Waals surface area contributed by atoms with Crippen molar-refractivity contribution < 1.29 is 14.3 Å². The number of benzene rings is 2. The summed E-state index contributed by atoms with van der Waals surface area (Å²) in [6, 6.07) is 15.6. The van der Waals surface area contributed by atoms with Crippen LogP contribution in [0.1, 0.15) is 82.7 Å². The van der Waals surface area contributed by atoms with E-state index in [0.29, 0.717) is 52.5 Å². The lowest BCUT2D eigenvalue weighted by atomic mass is 9.48. The highest BCUT2D eigenvalue weighted by atomic mass is 16.5. The maximum Gasteiger partial charge on any atom is 0.247 e. The monoisotopic (exact) mass is 730 g/mol. The Balaban J connectivity index is 0.885. The highest BCUT2D eigenvalue weighted by Gasteiger charge is 2.50. The first kappa shape index (κ1) is 36.2. The van der Waals surface area contributed by atoms with Gasteiger partial charge in [0, 0.05) is 37.7 Å². The van der Waals surface area contributed by atoms with Crippen LogP contribution in [0.4, 0.5) is 11.5 Å². The van der Waals surface area contributed by atoms with Gasteiger partial charge in [0.05, 0.1) is 17.1 Å². The van der Waals surface area contributed by atoms with Crippen LogP contribution >= 0.6 is 0 Å². The van der Waals surface area contributed by atoms with Gasteiger partial charge in [-0.3, -0.25) is 9.59 Å². The molecule has 0 radical (unpaired) electrons. The van der Waals surface area contributed by atoms with Gasteiger partial charge in [-0.2, -0.15) is 5.10 Å². The molecule has 11 heteroatoms. The van der Waals surface area contributed by atoms with Gasteiger partial charge in [0.1, 0.15) is 30.2 Å². The summed E-state index contributed by atoms with van der Waals surface area (Å²) in [6.45, 7) is 9.36. The van der Waals surface area contributed by atoms with E-state index in [1.807, 2.05) is 53.2 Å². The summed E-state index contributed by atoms with van der Waals surface area (Å²) in [4.78, 5) is 36.9. The van der Waals surface area contributed by atoms with Crippen molar-refractivity contribution in [3.63, 3.8) is 0 Å². The van der Waals surface area contributed by atoms with Crippen LogP contribution in [0.2, 0.25) is 0 Å². The Bertz CT molecular complexity index is 1950. The number of rotatable bonds is 14. The Morgan fingerprint density at radius 3 is 2.46 bits per heavy atom. The minimum atomic E-state index is -0.344. The SMILES string of the molecule is C=CC(=O)Nc1cc(-c2nn(C3CCN(CCNC(=O)[C@H](C)CCC45CC6CC(CC(C6)C4)C5)CC3)c3ncnc(N)c23)ccc1OCc1ccccc1. The number of fused-ring (bicyclic) bond motifs is 1. The molecule has 3 heterocycles. The topological polar surface area (TPSA) is 140 Å². The molecule has 54 heavy (non-hydrogen) atoms. The molecule has 4 saturated carbocycles. The Hall–Kier alpha value is -4.77. The quantitative estimate of drug-likeness (QED) is 0.116. The summed E-state index contributed by atoms with van der Waals surface area (Å²) < 4.78 is 8.13. The molecule has 4 N–H and O–H groups in total. The van der Waals surface area contributed by atoms with Gasteiger partial charge < -0.3 is 26.0 Å². The fourth-order valence-corrected chi connectivity index (χ4v) is 10.4. The molecule has 2 aromatic carbocycles. The highest BCUT2D eigenvalue weighted by molar-refractivity contribution is 6.02. The van der Waals surface area contributed by atoms with Crippen molar-refractivity contribution in [3.05, 3.63) is 73.1 Å². The lowest BCUT2D eigenvalue weighted by molar-refractivity contribution is -0.125. The Morgan fingerprint density at radius 1 is 1.04 bits per heavy atom. The van der Waals surface area contributed by atoms with Crippen LogP contribution in [0.15, 0.2) is 67.5 Å². The molecule has 4 aromatic rings. The molecule has 5 aliphatic rings. The summed E-state index contributed by atoms with van der Waals surface area (Å²) in [6.07, 6.45) is 15.4. The Labute approximate surface area is 318 Å². The summed E-state index contributed by atoms with van der Waals surface area (Å²) in [5.74, 6) is 3.67. The Kier molecular flexibility index (Phi) is 10.4. The number of hydrogen-bond acceptors (Lipinski definition) is 8. The van der Waals surface area contributed by atoms with Gasteiger partial charge in [0.2, 0.25) is 11.8 Å². The zero-order valence-electron chi connectivity index (χ0n) is 31.5. The molecule has 9 rings (SSSR count). The molecule has 4 bridgehead atoms. The van der Waals surface area contributed by atoms with Crippen LogP contribution in [-0.2, 0) is 16.2 Å². The van der Waals surface area contributed by atoms with E-state index in [1.165, 1.54) is 57.3 Å². The van der Waals surface area contributed by atoms with Crippen molar-refractivity contribution >= 4 is 34.4 Å². The number of likely N-dealkylation sites (tertiary alicyclic amines) is 1. The normalized spacial score (nSPS) is 24.4. The van der Waals surface area contributed by atoms with E-state index >= 15 is 0 Å². The van der Waals surface area contributed by atoms with Gasteiger partial charge in [-0.05, 0) is 117 Å². The number of nitrogens with two attached hydrogens (primary N) is 1. The maximum absolute atomic E-state index is 13.1. The van der Waals surface area contributed by atoms with Crippen LogP contribution in [0.3, 0.4) is 0 Å². The van der Waals surface area contributed by atoms with E-state index in [2.05, 4.69) is 39.0 Å². The van der Waals surface area contributed by atoms with Crippen LogP contribution in [0.25, 0.3) is 22.3 Å². The van der Waals surface area contributed by atoms with Crippen molar-refractivity contribution in [2.75, 3.05) is 37.2 Å². The number of nitrogens with zero attached hydrogens (tertiary/aromatic N) is 5. The predicted molar refractivity (Wildman–Crippen MR) is 211 cm³/mol. The minimum Gasteiger partial charge on any atom is -0.487 e. The first-order valence-electron chi connectivity index (χ1n) is 20.0. The average molecular weight is 731 g/mol. The fourth-order valence-electron chi connectivity index (χ4n) is 10.4. The molecule has 4 aliphatic carbocycles. The highest BCUT2D eigenvalue weighted by Crippen LogP contribution is 2.61. The van der Waals surface area contributed by atoms with E-state index in [0.717, 1.165) is 67.8 Å². The average Bonchev–Trinajstić information content (AvgIpc) is 3.57. The molecule has 0 spiro atoms. The maximum atomic E-state index is 13.1. The molecule has 1 aliphatic heterocycles. The van der Waals surface area contributed by atoms with Crippen LogP contribution in [0, 0.1) is 29.1 Å². The van der Waals surface area contributed by atoms with E-state index in [4.69, 9.17) is 15.6 Å². The molecule has 5 fully saturated rings. The number of ether oxygens (including phenoxy) is 1. The summed E-state index contributed by atoms with van der Waals surface area (Å²) >= 11 is 0. The second-order valence-electron chi connectivity index (χ2n) is 16.7. The van der Waals surface area contributed by atoms with Crippen LogP contribution < -0.4 is 21.1 Å². The number of nitrogens with one attached hydrogen (secondary N) is 2. The van der Waals surface area contributed by atoms with Gasteiger partial charge in [-0.15, -0.1) is 0 Å². The molecule has 284 valence electrons. The third-order valence-electron chi connectivity index (χ3n) is 12.8. The zero-order chi connectivity index (χ0) is 37.2. The Morgan fingerprint density at radius 2 is 1.76 bits per heavy atom. The third kappa shape index (κ3) is 7.74. The van der Waals surface area contributed by atoms with Crippen LogP contribution in [0.5, 0.6) is 5.75 Å².